The fourth-order valence-corrected chi connectivity index (χ4v) is 6.56. The Bertz CT molecular complexity index is 2050. The number of halogens is 2. The topological polar surface area (TPSA) is 297 Å². The molecule has 0 spiro atoms. The maximum atomic E-state index is 15.5. The number of alkyl carbamates (subject to hydrolysis) is 1. The standard InChI is InChI=1S/C19H27FN4O6.C14H19FN4O4.C10H18O5/c1-5-29-15(25)11-19(22-17(26)30-18(2,3)4)8-10-23(12-14(19)20)13-7-6-9-21-16(13)24(27)28;1-2-23-12(20)8-14(16)5-7-18(9-11(14)15)10-4-3-6-17-13(10)19(21)22;1-9(2,3)14-7(11)13-8(12)15-10(4,5)6/h6-7,9,14H,5,8,10-12H2,1-4H3,(H,22,26);3-4,6,11H,2,5,7-9,16H2,1H3;1-6H3. The molecule has 0 aromatic carbocycles. The first-order chi connectivity index (χ1) is 31.3. The Morgan fingerprint density at radius 3 is 1.51 bits per heavy atom. The number of anilines is 2. The number of hydrogen-bond acceptors (Lipinski definition) is 20. The lowest BCUT2D eigenvalue weighted by Crippen LogP contribution is -2.64. The summed E-state index contributed by atoms with van der Waals surface area (Å²) in [5.74, 6) is -1.91. The summed E-state index contributed by atoms with van der Waals surface area (Å²) in [5.41, 5.74) is 1.37. The first kappa shape index (κ1) is 57.6. The third-order valence-corrected chi connectivity index (χ3v) is 9.46. The molecule has 0 bridgehead atoms. The van der Waals surface area contributed by atoms with E-state index in [4.69, 9.17) is 29.4 Å². The number of nitrogens with two attached hydrogens (primary N) is 1. The van der Waals surface area contributed by atoms with E-state index in [2.05, 4.69) is 20.0 Å². The van der Waals surface area contributed by atoms with Crippen molar-refractivity contribution >= 4 is 53.4 Å². The smallest absolute Gasteiger partial charge is 0.466 e. The second-order valence-electron chi connectivity index (χ2n) is 18.5. The normalized spacial score (nSPS) is 20.4. The highest BCUT2D eigenvalue weighted by molar-refractivity contribution is 5.77. The fraction of sp³-hybridized carbons (Fsp3) is 0.651. The Kier molecular flexibility index (Phi) is 20.7. The number of ether oxygens (including phenoxy) is 6. The van der Waals surface area contributed by atoms with Gasteiger partial charge >= 0.3 is 42.0 Å². The van der Waals surface area contributed by atoms with Crippen molar-refractivity contribution in [3.63, 3.8) is 0 Å². The van der Waals surface area contributed by atoms with Gasteiger partial charge in [-0.2, -0.15) is 0 Å². The largest absolute Gasteiger partial charge is 0.519 e. The first-order valence-electron chi connectivity index (χ1n) is 21.6. The molecular weight excluding hydrogens is 907 g/mol. The maximum absolute atomic E-state index is 15.5. The molecule has 2 aromatic heterocycles. The Balaban J connectivity index is 0.000000371. The SMILES string of the molecule is CC(C)(C)OC(=O)OC(=O)OC(C)(C)C.CCOC(=O)CC1(N)CCN(c2cccnc2[N+](=O)[O-])CC1F.CCOC(=O)CC1(NC(=O)OC(C)(C)C)CCN(c2cccnc2[N+](=O)[O-])CC1F. The van der Waals surface area contributed by atoms with Crippen LogP contribution in [0.4, 0.5) is 46.2 Å². The fourth-order valence-electron chi connectivity index (χ4n) is 6.56. The van der Waals surface area contributed by atoms with Crippen molar-refractivity contribution in [1.29, 1.82) is 0 Å². The van der Waals surface area contributed by atoms with Crippen LogP contribution < -0.4 is 20.9 Å². The van der Waals surface area contributed by atoms with Crippen LogP contribution in [0.2, 0.25) is 0 Å². The number of carbonyl (C=O) groups is 5. The summed E-state index contributed by atoms with van der Waals surface area (Å²) in [7, 11) is 0. The summed E-state index contributed by atoms with van der Waals surface area (Å²) in [6.07, 6.45) is -4.01. The van der Waals surface area contributed by atoms with Crippen molar-refractivity contribution in [3.05, 3.63) is 56.9 Å². The highest BCUT2D eigenvalue weighted by Crippen LogP contribution is 2.36. The van der Waals surface area contributed by atoms with Crippen LogP contribution in [0, 0.1) is 20.2 Å². The number of alkyl halides is 2. The lowest BCUT2D eigenvalue weighted by molar-refractivity contribution is -0.388. The van der Waals surface area contributed by atoms with Gasteiger partial charge in [0.25, 0.3) is 0 Å². The molecule has 23 nitrogen and oxygen atoms in total. The third kappa shape index (κ3) is 19.0. The zero-order chi connectivity index (χ0) is 51.8. The summed E-state index contributed by atoms with van der Waals surface area (Å²) in [5, 5.41) is 24.8. The van der Waals surface area contributed by atoms with Gasteiger partial charge in [-0.15, -0.1) is 0 Å². The van der Waals surface area contributed by atoms with Gasteiger partial charge in [-0.3, -0.25) is 9.59 Å². The minimum absolute atomic E-state index is 0.0122. The van der Waals surface area contributed by atoms with Gasteiger partial charge in [-0.1, -0.05) is 0 Å². The lowest BCUT2D eigenvalue weighted by atomic mass is 9.82. The molecule has 4 heterocycles. The van der Waals surface area contributed by atoms with E-state index in [1.54, 1.807) is 82.2 Å². The summed E-state index contributed by atoms with van der Waals surface area (Å²) in [6.45, 7) is 18.7. The zero-order valence-electron chi connectivity index (χ0n) is 40.3. The van der Waals surface area contributed by atoms with Crippen molar-refractivity contribution < 1.29 is 71.0 Å². The predicted molar refractivity (Wildman–Crippen MR) is 240 cm³/mol. The van der Waals surface area contributed by atoms with Crippen LogP contribution in [-0.2, 0) is 38.0 Å². The zero-order valence-corrected chi connectivity index (χ0v) is 40.3. The van der Waals surface area contributed by atoms with Crippen LogP contribution in [0.15, 0.2) is 36.7 Å². The average molecular weight is 971 g/mol. The van der Waals surface area contributed by atoms with Crippen LogP contribution in [0.3, 0.4) is 0 Å². The van der Waals surface area contributed by atoms with Crippen LogP contribution in [0.5, 0.6) is 0 Å². The monoisotopic (exact) mass is 970 g/mol. The molecule has 4 atom stereocenters. The number of nitrogens with zero attached hydrogens (tertiary/aromatic N) is 6. The van der Waals surface area contributed by atoms with E-state index in [0.29, 0.717) is 6.54 Å². The van der Waals surface area contributed by atoms with Crippen molar-refractivity contribution in [2.24, 2.45) is 5.73 Å². The van der Waals surface area contributed by atoms with Crippen LogP contribution in [0.25, 0.3) is 0 Å². The van der Waals surface area contributed by atoms with Crippen LogP contribution in [-0.4, -0.2) is 130 Å². The van der Waals surface area contributed by atoms with Crippen LogP contribution in [0.1, 0.15) is 102 Å². The number of amides is 1. The number of nitro groups is 2. The molecule has 0 radical (unpaired) electrons. The number of aromatic nitrogens is 2. The molecule has 2 saturated heterocycles. The molecule has 4 rings (SSSR count). The summed E-state index contributed by atoms with van der Waals surface area (Å²) in [6, 6.07) is 6.08. The minimum atomic E-state index is -1.72. The minimum Gasteiger partial charge on any atom is -0.466 e. The molecule has 1 amide bonds. The molecule has 4 unspecified atom stereocenters. The molecule has 68 heavy (non-hydrogen) atoms. The molecule has 25 heteroatoms. The molecule has 0 saturated carbocycles. The van der Waals surface area contributed by atoms with Gasteiger partial charge in [0.05, 0.1) is 50.2 Å². The van der Waals surface area contributed by atoms with Crippen molar-refractivity contribution in [2.45, 2.75) is 142 Å². The predicted octanol–water partition coefficient (Wildman–Crippen LogP) is 6.82. The van der Waals surface area contributed by atoms with Gasteiger partial charge in [0, 0.05) is 13.1 Å². The summed E-state index contributed by atoms with van der Waals surface area (Å²) < 4.78 is 58.8. The van der Waals surface area contributed by atoms with Crippen molar-refractivity contribution in [3.8, 4) is 0 Å². The molecule has 0 aliphatic carbocycles. The number of hydrogen-bond donors (Lipinski definition) is 2. The van der Waals surface area contributed by atoms with Gasteiger partial charge in [0.2, 0.25) is 0 Å². The van der Waals surface area contributed by atoms with E-state index in [-0.39, 0.29) is 81.5 Å². The van der Waals surface area contributed by atoms with Gasteiger partial charge in [0.15, 0.2) is 0 Å². The van der Waals surface area contributed by atoms with Crippen molar-refractivity contribution in [1.82, 2.24) is 15.3 Å². The quantitative estimate of drug-likeness (QED) is 0.0767. The average Bonchev–Trinajstić information content (AvgIpc) is 3.18. The molecule has 2 aliphatic heterocycles. The number of esters is 2. The van der Waals surface area contributed by atoms with E-state index in [9.17, 15) is 48.6 Å². The second-order valence-corrected chi connectivity index (χ2v) is 18.5. The number of carbonyl (C=O) groups excluding carboxylic acids is 5. The van der Waals surface area contributed by atoms with E-state index in [1.807, 2.05) is 0 Å². The Labute approximate surface area is 393 Å². The highest BCUT2D eigenvalue weighted by atomic mass is 19.1. The lowest BCUT2D eigenvalue weighted by Gasteiger charge is -2.44. The first-order valence-corrected chi connectivity index (χ1v) is 21.6. The Morgan fingerprint density at radius 1 is 0.721 bits per heavy atom. The van der Waals surface area contributed by atoms with Gasteiger partial charge < -0.3 is 69.5 Å². The number of pyridine rings is 2. The van der Waals surface area contributed by atoms with Gasteiger partial charge in [0.1, 0.15) is 52.9 Å². The maximum Gasteiger partial charge on any atom is 0.519 e. The highest BCUT2D eigenvalue weighted by Gasteiger charge is 2.49. The molecule has 2 aromatic rings. The summed E-state index contributed by atoms with van der Waals surface area (Å²) >= 11 is 0. The van der Waals surface area contributed by atoms with E-state index < -0.39 is 80.4 Å². The number of piperidine rings is 2. The number of nitrogens with one attached hydrogen (secondary N) is 1. The van der Waals surface area contributed by atoms with Crippen molar-refractivity contribution in [2.75, 3.05) is 49.2 Å². The van der Waals surface area contributed by atoms with Gasteiger partial charge in [-0.05, 0) is 133 Å². The van der Waals surface area contributed by atoms with E-state index >= 15 is 4.39 Å². The second kappa shape index (κ2) is 24.5. The third-order valence-electron chi connectivity index (χ3n) is 9.46. The molecular formula is C43H64F2N8O15. The Morgan fingerprint density at radius 2 is 1.13 bits per heavy atom. The number of rotatable bonds is 11. The molecule has 2 aliphatic rings. The van der Waals surface area contributed by atoms with E-state index in [0.717, 1.165) is 0 Å². The molecule has 380 valence electrons. The Hall–Kier alpha value is -6.53. The van der Waals surface area contributed by atoms with Gasteiger partial charge in [-0.25, -0.2) is 23.2 Å². The summed E-state index contributed by atoms with van der Waals surface area (Å²) in [4.78, 5) is 89.6. The van der Waals surface area contributed by atoms with E-state index in [1.165, 1.54) is 40.4 Å². The molecule has 3 N–H and O–H groups in total. The molecule has 2 fully saturated rings. The van der Waals surface area contributed by atoms with Crippen LogP contribution >= 0.6 is 0 Å².